The molecule has 0 aliphatic heterocycles. The number of hydrogen-bond donors (Lipinski definition) is 1. The molecule has 29 heavy (non-hydrogen) atoms. The van der Waals surface area contributed by atoms with Crippen LogP contribution < -0.4 is 4.74 Å². The third-order valence-corrected chi connectivity index (χ3v) is 6.62. The monoisotopic (exact) mass is 410 g/mol. The smallest absolute Gasteiger partial charge is 0.379 e. The fraction of sp³-hybridized carbons (Fsp3) is 0. The van der Waals surface area contributed by atoms with Crippen LogP contribution in [0.25, 0.3) is 0 Å². The van der Waals surface area contributed by atoms with Crippen molar-refractivity contribution in [3.63, 3.8) is 0 Å². The van der Waals surface area contributed by atoms with Gasteiger partial charge in [-0.15, -0.1) is 0 Å². The minimum absolute atomic E-state index is 0.257. The summed E-state index contributed by atoms with van der Waals surface area (Å²) in [6.07, 6.45) is 0. The summed E-state index contributed by atoms with van der Waals surface area (Å²) in [6.45, 7) is 0. The lowest BCUT2D eigenvalue weighted by molar-refractivity contribution is 0.0691. The average molecular weight is 410 g/mol. The maximum atomic E-state index is 13.0. The van der Waals surface area contributed by atoms with Gasteiger partial charge in [0.25, 0.3) is 0 Å². The molecule has 0 aliphatic carbocycles. The van der Waals surface area contributed by atoms with Crippen molar-refractivity contribution in [3.05, 3.63) is 109 Å². The van der Waals surface area contributed by atoms with E-state index in [4.69, 9.17) is 4.74 Å². The molecule has 4 aromatic rings. The van der Waals surface area contributed by atoms with Gasteiger partial charge >= 0.3 is 12.0 Å². The highest BCUT2D eigenvalue weighted by molar-refractivity contribution is 8.17. The van der Waals surface area contributed by atoms with Gasteiger partial charge in [0.1, 0.15) is 5.75 Å². The molecule has 0 spiro atoms. The molecule has 0 N–H and O–H groups in total. The first-order valence-electron chi connectivity index (χ1n) is 8.79. The van der Waals surface area contributed by atoms with Crippen molar-refractivity contribution in [2.75, 3.05) is 0 Å². The highest BCUT2D eigenvalue weighted by Crippen LogP contribution is 2.51. The number of halogens is 2. The summed E-state index contributed by atoms with van der Waals surface area (Å²) in [5.74, 6) is -2.47. The molecule has 3 aromatic carbocycles. The van der Waals surface area contributed by atoms with Crippen molar-refractivity contribution in [3.8, 4) is 5.75 Å². The Balaban J connectivity index is 1.60. The Morgan fingerprint density at radius 2 is 1.28 bits per heavy atom. The fourth-order valence-corrected chi connectivity index (χ4v) is 5.15. The van der Waals surface area contributed by atoms with Gasteiger partial charge < -0.3 is 9.15 Å². The van der Waals surface area contributed by atoms with Crippen molar-refractivity contribution in [1.82, 2.24) is 0 Å². The topological polar surface area (TPSA) is 39.4 Å². The minimum atomic E-state index is -1.44. The third-order valence-electron chi connectivity index (χ3n) is 4.18. The molecule has 0 saturated heterocycles. The van der Waals surface area contributed by atoms with E-state index in [9.17, 15) is 13.6 Å². The molecule has 0 unspecified atom stereocenters. The number of benzene rings is 3. The summed E-state index contributed by atoms with van der Waals surface area (Å²) >= 11 is 0. The van der Waals surface area contributed by atoms with Gasteiger partial charge in [-0.05, 0) is 63.2 Å². The lowest BCUT2D eigenvalue weighted by atomic mass is 10.3. The highest BCUT2D eigenvalue weighted by atomic mass is 32.2. The Hall–Kier alpha value is -3.38. The summed E-state index contributed by atoms with van der Waals surface area (Å²) in [4.78, 5) is 15.5. The number of rotatable bonds is 5. The van der Waals surface area contributed by atoms with Gasteiger partial charge in [0.05, 0.1) is 0 Å². The molecule has 0 aliphatic rings. The molecule has 4 rings (SSSR count). The zero-order chi connectivity index (χ0) is 20.2. The highest BCUT2D eigenvalue weighted by Gasteiger charge is 2.19. The van der Waals surface area contributed by atoms with E-state index >= 15 is 0 Å². The van der Waals surface area contributed by atoms with Crippen LogP contribution in [0.15, 0.2) is 110 Å². The van der Waals surface area contributed by atoms with Gasteiger partial charge in [-0.25, -0.2) is 4.79 Å². The molecule has 0 fully saturated rings. The molecule has 6 heteroatoms. The Bertz CT molecular complexity index is 1050. The van der Waals surface area contributed by atoms with Gasteiger partial charge in [-0.2, -0.15) is 19.7 Å². The molecular weight excluding hydrogens is 394 g/mol. The van der Waals surface area contributed by atoms with Crippen LogP contribution in [0.1, 0.15) is 10.6 Å². The number of carbonyl (C=O) groups excluding carboxylic acids is 1. The van der Waals surface area contributed by atoms with E-state index < -0.39 is 34.5 Å². The number of carbonyl (C=O) groups is 1. The zero-order valence-electron chi connectivity index (χ0n) is 15.1. The Kier molecular flexibility index (Phi) is 5.44. The number of esters is 1. The minimum Gasteiger partial charge on any atom is -0.422 e. The summed E-state index contributed by atoms with van der Waals surface area (Å²) in [7, 11) is -0.782. The van der Waals surface area contributed by atoms with Crippen molar-refractivity contribution in [2.24, 2.45) is 0 Å². The van der Waals surface area contributed by atoms with Gasteiger partial charge in [0.2, 0.25) is 5.76 Å². The van der Waals surface area contributed by atoms with Crippen LogP contribution in [0, 0.1) is 11.8 Å². The quantitative estimate of drug-likeness (QED) is 0.240. The van der Waals surface area contributed by atoms with Crippen LogP contribution in [-0.2, 0) is 0 Å². The zero-order valence-corrected chi connectivity index (χ0v) is 16.0. The fourth-order valence-electron chi connectivity index (χ4n) is 2.87. The van der Waals surface area contributed by atoms with Crippen LogP contribution in [0.3, 0.4) is 0 Å². The van der Waals surface area contributed by atoms with Gasteiger partial charge in [-0.1, -0.05) is 36.4 Å². The molecule has 3 nitrogen and oxygen atoms in total. The third kappa shape index (κ3) is 4.22. The second-order valence-corrected chi connectivity index (χ2v) is 8.34. The van der Waals surface area contributed by atoms with E-state index in [-0.39, 0.29) is 5.75 Å². The van der Waals surface area contributed by atoms with Gasteiger partial charge in [-0.3, -0.25) is 0 Å². The average Bonchev–Trinajstić information content (AvgIpc) is 3.10. The number of ether oxygens (including phenoxy) is 1. The molecule has 0 atom stereocenters. The van der Waals surface area contributed by atoms with Crippen LogP contribution >= 0.6 is 10.9 Å². The molecule has 1 heterocycles. The van der Waals surface area contributed by atoms with Crippen molar-refractivity contribution in [1.29, 1.82) is 0 Å². The van der Waals surface area contributed by atoms with E-state index in [1.54, 1.807) is 12.1 Å². The largest absolute Gasteiger partial charge is 0.422 e. The van der Waals surface area contributed by atoms with Crippen LogP contribution in [0.2, 0.25) is 0 Å². The Labute approximate surface area is 168 Å². The lowest BCUT2D eigenvalue weighted by Gasteiger charge is -2.23. The number of furan rings is 1. The molecule has 0 saturated carbocycles. The second-order valence-electron chi connectivity index (χ2n) is 6.12. The maximum Gasteiger partial charge on any atom is 0.379 e. The van der Waals surface area contributed by atoms with Gasteiger partial charge in [0, 0.05) is 6.07 Å². The molecule has 0 radical (unpaired) electrons. The van der Waals surface area contributed by atoms with Crippen LogP contribution in [0.4, 0.5) is 8.78 Å². The van der Waals surface area contributed by atoms with Crippen molar-refractivity contribution in [2.45, 2.75) is 14.7 Å². The SMILES string of the molecule is O=C(Oc1ccc([SH](c2ccccc2)c2ccccc2)cc1)c1cc(F)c(F)o1. The lowest BCUT2D eigenvalue weighted by Crippen LogP contribution is -2.07. The van der Waals surface area contributed by atoms with Crippen LogP contribution in [0.5, 0.6) is 5.75 Å². The first kappa shape index (κ1) is 19.0. The standard InChI is InChI=1S/C23H16F2O3S/c24-20-15-21(28-22(20)25)23(26)27-16-11-13-19(14-12-16)29(17-7-3-1-4-8-17)18-9-5-2-6-10-18/h1-15,29H. The van der Waals surface area contributed by atoms with Crippen molar-refractivity contribution < 1.29 is 22.7 Å². The van der Waals surface area contributed by atoms with Crippen LogP contribution in [-0.4, -0.2) is 5.97 Å². The Morgan fingerprint density at radius 3 is 1.76 bits per heavy atom. The van der Waals surface area contributed by atoms with E-state index in [2.05, 4.69) is 28.7 Å². The van der Waals surface area contributed by atoms with E-state index in [1.165, 1.54) is 9.79 Å². The molecule has 0 amide bonds. The normalized spacial score (nSPS) is 11.2. The number of hydrogen-bond acceptors (Lipinski definition) is 3. The first-order chi connectivity index (χ1) is 14.1. The van der Waals surface area contributed by atoms with E-state index in [1.807, 2.05) is 48.5 Å². The second kappa shape index (κ2) is 8.32. The first-order valence-corrected chi connectivity index (χ1v) is 10.1. The maximum absolute atomic E-state index is 13.0. The van der Waals surface area contributed by atoms with Crippen molar-refractivity contribution >= 4 is 16.9 Å². The summed E-state index contributed by atoms with van der Waals surface area (Å²) < 4.78 is 35.6. The summed E-state index contributed by atoms with van der Waals surface area (Å²) in [6, 6.07) is 26.6. The molecule has 146 valence electrons. The summed E-state index contributed by atoms with van der Waals surface area (Å²) in [5, 5.41) is 0. The number of thiol groups is 1. The Morgan fingerprint density at radius 1 is 0.759 bits per heavy atom. The predicted octanol–water partition coefficient (Wildman–Crippen LogP) is 6.26. The van der Waals surface area contributed by atoms with Gasteiger partial charge in [0.15, 0.2) is 5.82 Å². The van der Waals surface area contributed by atoms with E-state index in [0.29, 0.717) is 6.07 Å². The summed E-state index contributed by atoms with van der Waals surface area (Å²) in [5.41, 5.74) is 0. The van der Waals surface area contributed by atoms with E-state index in [0.717, 1.165) is 4.90 Å². The molecule has 1 aromatic heterocycles. The molecular formula is C23H16F2O3S. The molecule has 0 bridgehead atoms. The predicted molar refractivity (Wildman–Crippen MR) is 107 cm³/mol.